The average Bonchev–Trinajstić information content (AvgIpc) is 3.18. The minimum absolute atomic E-state index is 0.192. The number of aliphatic carboxylic acids is 1. The van der Waals surface area contributed by atoms with E-state index in [-0.39, 0.29) is 12.5 Å². The molecule has 1 aromatic carbocycles. The first-order chi connectivity index (χ1) is 14.8. The molecule has 2 unspecified atom stereocenters. The van der Waals surface area contributed by atoms with Crippen LogP contribution in [-0.2, 0) is 9.59 Å². The number of hydrogen-bond acceptors (Lipinski definition) is 6. The molecule has 0 bridgehead atoms. The minimum Gasteiger partial charge on any atom is -0.481 e. The molecule has 0 radical (unpaired) electrons. The molecule has 0 aliphatic carbocycles. The fraction of sp³-hybridized carbons (Fsp3) is 0.348. The molecular weight excluding hydrogens is 418 g/mol. The number of rotatable bonds is 5. The van der Waals surface area contributed by atoms with Crippen LogP contribution in [0, 0.1) is 12.8 Å². The van der Waals surface area contributed by atoms with Crippen molar-refractivity contribution in [2.24, 2.45) is 5.92 Å². The zero-order valence-corrected chi connectivity index (χ0v) is 18.1. The maximum Gasteiger partial charge on any atom is 0.336 e. The topological polar surface area (TPSA) is 97.0 Å². The summed E-state index contributed by atoms with van der Waals surface area (Å²) in [7, 11) is 0. The Kier molecular flexibility index (Phi) is 5.82. The number of ether oxygens (including phenoxy) is 1. The summed E-state index contributed by atoms with van der Waals surface area (Å²) < 4.78 is 11.2. The first-order valence-corrected chi connectivity index (χ1v) is 11.0. The van der Waals surface area contributed by atoms with E-state index >= 15 is 0 Å². The molecule has 3 heterocycles. The third kappa shape index (κ3) is 4.34. The predicted molar refractivity (Wildman–Crippen MR) is 118 cm³/mol. The molecule has 7 nitrogen and oxygen atoms in total. The first kappa shape index (κ1) is 21.1. The summed E-state index contributed by atoms with van der Waals surface area (Å²) in [5.41, 5.74) is 1.71. The lowest BCUT2D eigenvalue weighted by atomic mass is 9.98. The largest absolute Gasteiger partial charge is 0.481 e. The summed E-state index contributed by atoms with van der Waals surface area (Å²) in [6.07, 6.45) is 0.435. The Labute approximate surface area is 182 Å². The van der Waals surface area contributed by atoms with E-state index in [0.717, 1.165) is 21.4 Å². The van der Waals surface area contributed by atoms with Crippen LogP contribution >= 0.6 is 11.3 Å². The van der Waals surface area contributed by atoms with Gasteiger partial charge < -0.3 is 19.2 Å². The van der Waals surface area contributed by atoms with Crippen molar-refractivity contribution in [1.29, 1.82) is 0 Å². The predicted octanol–water partition coefficient (Wildman–Crippen LogP) is 3.92. The van der Waals surface area contributed by atoms with Gasteiger partial charge in [-0.05, 0) is 55.8 Å². The second-order valence-electron chi connectivity index (χ2n) is 7.75. The molecule has 0 spiro atoms. The van der Waals surface area contributed by atoms with Gasteiger partial charge in [0.05, 0.1) is 5.92 Å². The van der Waals surface area contributed by atoms with Crippen molar-refractivity contribution in [2.75, 3.05) is 13.1 Å². The Morgan fingerprint density at radius 2 is 2.06 bits per heavy atom. The molecule has 1 fully saturated rings. The number of fused-ring (bicyclic) bond motifs is 1. The monoisotopic (exact) mass is 441 g/mol. The van der Waals surface area contributed by atoms with Crippen LogP contribution in [0.15, 0.2) is 44.9 Å². The summed E-state index contributed by atoms with van der Waals surface area (Å²) in [6.45, 7) is 4.35. The molecule has 3 aromatic rings. The number of thiophene rings is 1. The molecule has 1 amide bonds. The van der Waals surface area contributed by atoms with Crippen molar-refractivity contribution in [3.05, 3.63) is 51.0 Å². The summed E-state index contributed by atoms with van der Waals surface area (Å²) in [6, 6.07) is 8.63. The van der Waals surface area contributed by atoms with Gasteiger partial charge in [0.15, 0.2) is 6.10 Å². The van der Waals surface area contributed by atoms with Crippen LogP contribution in [0.2, 0.25) is 0 Å². The molecule has 2 aromatic heterocycles. The number of carbonyl (C=O) groups is 2. The van der Waals surface area contributed by atoms with E-state index in [2.05, 4.69) is 0 Å². The Morgan fingerprint density at radius 1 is 1.26 bits per heavy atom. The normalized spacial score (nSPS) is 17.5. The lowest BCUT2D eigenvalue weighted by Crippen LogP contribution is -2.47. The van der Waals surface area contributed by atoms with Gasteiger partial charge in [-0.3, -0.25) is 9.59 Å². The van der Waals surface area contributed by atoms with Crippen molar-refractivity contribution in [2.45, 2.75) is 32.8 Å². The first-order valence-electron chi connectivity index (χ1n) is 10.1. The van der Waals surface area contributed by atoms with Crippen molar-refractivity contribution in [1.82, 2.24) is 4.90 Å². The Balaban J connectivity index is 1.56. The standard InChI is InChI=1S/C23H23NO6S/c1-13(22(26)24-8-3-4-15(12-24)23(27)28)29-16-5-6-18-19(17-7-9-31-14(17)2)11-21(25)30-20(18)10-16/h5-7,9-11,13,15H,3-4,8,12H2,1-2H3,(H,27,28). The molecule has 162 valence electrons. The number of carboxylic acid groups (broad SMARTS) is 1. The molecule has 1 aliphatic heterocycles. The van der Waals surface area contributed by atoms with Gasteiger partial charge in [0.25, 0.3) is 5.91 Å². The summed E-state index contributed by atoms with van der Waals surface area (Å²) in [5, 5.41) is 12.0. The third-order valence-electron chi connectivity index (χ3n) is 5.61. The Morgan fingerprint density at radius 3 is 2.77 bits per heavy atom. The number of likely N-dealkylation sites (tertiary alicyclic amines) is 1. The van der Waals surface area contributed by atoms with Gasteiger partial charge in [0, 0.05) is 41.0 Å². The number of nitrogens with zero attached hydrogens (tertiary/aromatic N) is 1. The molecule has 31 heavy (non-hydrogen) atoms. The zero-order valence-electron chi connectivity index (χ0n) is 17.3. The zero-order chi connectivity index (χ0) is 22.1. The van der Waals surface area contributed by atoms with E-state index in [1.165, 1.54) is 6.07 Å². The quantitative estimate of drug-likeness (QED) is 0.603. The fourth-order valence-electron chi connectivity index (χ4n) is 3.99. The second kappa shape index (κ2) is 8.55. The van der Waals surface area contributed by atoms with Crippen LogP contribution in [0.1, 0.15) is 24.6 Å². The highest BCUT2D eigenvalue weighted by molar-refractivity contribution is 7.10. The van der Waals surface area contributed by atoms with Crippen LogP contribution in [-0.4, -0.2) is 41.1 Å². The van der Waals surface area contributed by atoms with E-state index in [4.69, 9.17) is 9.15 Å². The van der Waals surface area contributed by atoms with Gasteiger partial charge in [-0.2, -0.15) is 0 Å². The van der Waals surface area contributed by atoms with Crippen LogP contribution in [0.4, 0.5) is 0 Å². The van der Waals surface area contributed by atoms with E-state index in [1.807, 2.05) is 24.4 Å². The molecule has 8 heteroatoms. The summed E-state index contributed by atoms with van der Waals surface area (Å²) >= 11 is 1.61. The number of hydrogen-bond donors (Lipinski definition) is 1. The van der Waals surface area contributed by atoms with Crippen molar-refractivity contribution in [3.8, 4) is 16.9 Å². The van der Waals surface area contributed by atoms with E-state index in [0.29, 0.717) is 30.7 Å². The summed E-state index contributed by atoms with van der Waals surface area (Å²) in [4.78, 5) is 38.8. The van der Waals surface area contributed by atoms with Crippen LogP contribution in [0.3, 0.4) is 0 Å². The van der Waals surface area contributed by atoms with E-state index < -0.39 is 23.6 Å². The highest BCUT2D eigenvalue weighted by Crippen LogP contribution is 2.34. The van der Waals surface area contributed by atoms with Gasteiger partial charge in [-0.1, -0.05) is 0 Å². The van der Waals surface area contributed by atoms with Crippen molar-refractivity contribution in [3.63, 3.8) is 0 Å². The Bertz CT molecular complexity index is 1200. The van der Waals surface area contributed by atoms with Crippen LogP contribution in [0.5, 0.6) is 5.75 Å². The molecule has 1 N–H and O–H groups in total. The third-order valence-corrected chi connectivity index (χ3v) is 6.45. The van der Waals surface area contributed by atoms with Crippen LogP contribution < -0.4 is 10.4 Å². The number of carbonyl (C=O) groups excluding carboxylic acids is 1. The number of piperidine rings is 1. The highest BCUT2D eigenvalue weighted by Gasteiger charge is 2.31. The fourth-order valence-corrected chi connectivity index (χ4v) is 4.71. The molecule has 2 atom stereocenters. The molecule has 1 aliphatic rings. The SMILES string of the molecule is Cc1sccc1-c1cc(=O)oc2cc(OC(C)C(=O)N3CCCC(C(=O)O)C3)ccc12. The highest BCUT2D eigenvalue weighted by atomic mass is 32.1. The van der Waals surface area contributed by atoms with Gasteiger partial charge >= 0.3 is 11.6 Å². The van der Waals surface area contributed by atoms with Gasteiger partial charge in [-0.25, -0.2) is 4.79 Å². The van der Waals surface area contributed by atoms with Crippen molar-refractivity contribution >= 4 is 34.2 Å². The summed E-state index contributed by atoms with van der Waals surface area (Å²) in [5.74, 6) is -1.27. The van der Waals surface area contributed by atoms with E-state index in [1.54, 1.807) is 35.3 Å². The lowest BCUT2D eigenvalue weighted by Gasteiger charge is -2.32. The van der Waals surface area contributed by atoms with E-state index in [9.17, 15) is 19.5 Å². The molecule has 4 rings (SSSR count). The molecule has 0 saturated carbocycles. The van der Waals surface area contributed by atoms with Gasteiger partial charge in [0.2, 0.25) is 0 Å². The number of benzene rings is 1. The number of carboxylic acids is 1. The second-order valence-corrected chi connectivity index (χ2v) is 8.87. The van der Waals surface area contributed by atoms with Crippen molar-refractivity contribution < 1.29 is 23.8 Å². The molecule has 1 saturated heterocycles. The number of aryl methyl sites for hydroxylation is 1. The molecular formula is C23H23NO6S. The maximum absolute atomic E-state index is 12.8. The van der Waals surface area contributed by atoms with Gasteiger partial charge in [0.1, 0.15) is 11.3 Å². The van der Waals surface area contributed by atoms with Gasteiger partial charge in [-0.15, -0.1) is 11.3 Å². The number of amides is 1. The lowest BCUT2D eigenvalue weighted by molar-refractivity contribution is -0.147. The Hall–Kier alpha value is -3.13. The maximum atomic E-state index is 12.8. The smallest absolute Gasteiger partial charge is 0.336 e. The minimum atomic E-state index is -0.882. The van der Waals surface area contributed by atoms with Crippen LogP contribution in [0.25, 0.3) is 22.1 Å². The average molecular weight is 442 g/mol.